The van der Waals surface area contributed by atoms with Crippen LogP contribution in [0.5, 0.6) is 0 Å². The molecule has 1 atom stereocenters. The molecule has 0 aliphatic carbocycles. The molecule has 94 valence electrons. The highest BCUT2D eigenvalue weighted by atomic mass is 32.2. The van der Waals surface area contributed by atoms with Gasteiger partial charge in [-0.1, -0.05) is 39.8 Å². The largest absolute Gasteiger partial charge is 0.298 e. The van der Waals surface area contributed by atoms with Gasteiger partial charge in [0.15, 0.2) is 0 Å². The van der Waals surface area contributed by atoms with Gasteiger partial charge < -0.3 is 0 Å². The summed E-state index contributed by atoms with van der Waals surface area (Å²) in [5, 5.41) is 0.0560. The smallest absolute Gasteiger partial charge is 0.145 e. The summed E-state index contributed by atoms with van der Waals surface area (Å²) in [6.07, 6.45) is 0.619. The van der Waals surface area contributed by atoms with Gasteiger partial charge in [0.05, 0.1) is 5.25 Å². The van der Waals surface area contributed by atoms with Crippen LogP contribution in [0.1, 0.15) is 46.6 Å². The van der Waals surface area contributed by atoms with Crippen molar-refractivity contribution in [3.05, 3.63) is 29.8 Å². The van der Waals surface area contributed by atoms with E-state index < -0.39 is 0 Å². The zero-order valence-corrected chi connectivity index (χ0v) is 12.2. The third kappa shape index (κ3) is 4.19. The highest BCUT2D eigenvalue weighted by Gasteiger charge is 2.15. The molecule has 0 radical (unpaired) electrons. The van der Waals surface area contributed by atoms with Crippen molar-refractivity contribution in [3.63, 3.8) is 0 Å². The van der Waals surface area contributed by atoms with Gasteiger partial charge in [0.1, 0.15) is 5.78 Å². The molecular weight excluding hydrogens is 228 g/mol. The minimum Gasteiger partial charge on any atom is -0.298 e. The second-order valence-electron chi connectivity index (χ2n) is 5.35. The van der Waals surface area contributed by atoms with Gasteiger partial charge in [-0.05, 0) is 30.0 Å². The molecule has 0 heterocycles. The third-order valence-electron chi connectivity index (χ3n) is 2.84. The molecule has 0 amide bonds. The first kappa shape index (κ1) is 14.3. The van der Waals surface area contributed by atoms with Gasteiger partial charge in [-0.15, -0.1) is 11.8 Å². The van der Waals surface area contributed by atoms with Gasteiger partial charge in [0.25, 0.3) is 0 Å². The predicted octanol–water partition coefficient (Wildman–Crippen LogP) is 4.44. The molecular formula is C15H22OS. The number of carbonyl (C=O) groups excluding carboxylic acids is 1. The maximum Gasteiger partial charge on any atom is 0.145 e. The van der Waals surface area contributed by atoms with Crippen LogP contribution in [0.2, 0.25) is 0 Å². The normalized spacial score (nSPS) is 13.5. The summed E-state index contributed by atoms with van der Waals surface area (Å²) in [6.45, 7) is 10.5. The van der Waals surface area contributed by atoms with Crippen molar-refractivity contribution in [1.29, 1.82) is 0 Å². The van der Waals surface area contributed by atoms with E-state index in [1.165, 1.54) is 10.5 Å². The molecule has 0 aliphatic rings. The van der Waals surface area contributed by atoms with E-state index in [0.717, 1.165) is 0 Å². The van der Waals surface area contributed by atoms with Crippen LogP contribution in [0, 0.1) is 0 Å². The second kappa shape index (κ2) is 5.72. The first-order valence-electron chi connectivity index (χ1n) is 6.14. The van der Waals surface area contributed by atoms with E-state index in [4.69, 9.17) is 0 Å². The Kier molecular flexibility index (Phi) is 4.81. The van der Waals surface area contributed by atoms with Crippen LogP contribution in [-0.4, -0.2) is 11.0 Å². The molecule has 0 spiro atoms. The SMILES string of the molecule is CCC(=O)C(C)Sc1ccc(C(C)(C)C)cc1. The van der Waals surface area contributed by atoms with E-state index in [-0.39, 0.29) is 10.7 Å². The minimum absolute atomic E-state index is 0.0560. The number of carbonyl (C=O) groups is 1. The fourth-order valence-electron chi connectivity index (χ4n) is 1.59. The van der Waals surface area contributed by atoms with E-state index >= 15 is 0 Å². The highest BCUT2D eigenvalue weighted by molar-refractivity contribution is 8.00. The van der Waals surface area contributed by atoms with Gasteiger partial charge in [-0.2, -0.15) is 0 Å². The fraction of sp³-hybridized carbons (Fsp3) is 0.533. The summed E-state index contributed by atoms with van der Waals surface area (Å²) in [7, 11) is 0. The molecule has 1 unspecified atom stereocenters. The third-order valence-corrected chi connectivity index (χ3v) is 4.00. The summed E-state index contributed by atoms with van der Waals surface area (Å²) in [6, 6.07) is 8.55. The lowest BCUT2D eigenvalue weighted by Gasteiger charge is -2.19. The Morgan fingerprint density at radius 3 is 2.18 bits per heavy atom. The summed E-state index contributed by atoms with van der Waals surface area (Å²) < 4.78 is 0. The van der Waals surface area contributed by atoms with Crippen molar-refractivity contribution in [1.82, 2.24) is 0 Å². The maximum atomic E-state index is 11.5. The summed E-state index contributed by atoms with van der Waals surface area (Å²) >= 11 is 1.65. The van der Waals surface area contributed by atoms with E-state index in [9.17, 15) is 4.79 Å². The van der Waals surface area contributed by atoms with Crippen LogP contribution in [0.25, 0.3) is 0 Å². The molecule has 0 aliphatic heterocycles. The monoisotopic (exact) mass is 250 g/mol. The standard InChI is InChI=1S/C15H22OS/c1-6-14(16)11(2)17-13-9-7-12(8-10-13)15(3,4)5/h7-11H,6H2,1-5H3. The number of hydrogen-bond acceptors (Lipinski definition) is 2. The lowest BCUT2D eigenvalue weighted by Crippen LogP contribution is -2.12. The van der Waals surface area contributed by atoms with Crippen molar-refractivity contribution in [2.75, 3.05) is 0 Å². The number of Topliss-reactive ketones (excluding diaryl/α,β-unsaturated/α-hetero) is 1. The quantitative estimate of drug-likeness (QED) is 0.735. The molecule has 1 aromatic rings. The highest BCUT2D eigenvalue weighted by Crippen LogP contribution is 2.28. The minimum atomic E-state index is 0.0560. The van der Waals surface area contributed by atoms with E-state index in [0.29, 0.717) is 12.2 Å². The van der Waals surface area contributed by atoms with Crippen LogP contribution in [0.15, 0.2) is 29.2 Å². The summed E-state index contributed by atoms with van der Waals surface area (Å²) in [4.78, 5) is 12.7. The zero-order chi connectivity index (χ0) is 13.1. The van der Waals surface area contributed by atoms with Gasteiger partial charge in [-0.25, -0.2) is 0 Å². The van der Waals surface area contributed by atoms with Crippen LogP contribution < -0.4 is 0 Å². The molecule has 1 nitrogen and oxygen atoms in total. The van der Waals surface area contributed by atoms with E-state index in [1.807, 2.05) is 13.8 Å². The number of hydrogen-bond donors (Lipinski definition) is 0. The molecule has 2 heteroatoms. The number of thioether (sulfide) groups is 1. The van der Waals surface area contributed by atoms with Gasteiger partial charge in [0.2, 0.25) is 0 Å². The molecule has 17 heavy (non-hydrogen) atoms. The Morgan fingerprint density at radius 1 is 1.24 bits per heavy atom. The number of benzene rings is 1. The summed E-state index contributed by atoms with van der Waals surface area (Å²) in [5.41, 5.74) is 1.52. The molecule has 0 saturated heterocycles. The van der Waals surface area contributed by atoms with Crippen LogP contribution in [0.3, 0.4) is 0 Å². The molecule has 0 saturated carbocycles. The Labute approximate surface area is 109 Å². The molecule has 0 fully saturated rings. The molecule has 0 N–H and O–H groups in total. The van der Waals surface area contributed by atoms with Crippen LogP contribution >= 0.6 is 11.8 Å². The first-order valence-corrected chi connectivity index (χ1v) is 7.02. The maximum absolute atomic E-state index is 11.5. The van der Waals surface area contributed by atoms with Gasteiger partial charge in [-0.3, -0.25) is 4.79 Å². The Bertz CT molecular complexity index is 373. The second-order valence-corrected chi connectivity index (χ2v) is 6.77. The van der Waals surface area contributed by atoms with Crippen molar-refractivity contribution < 1.29 is 4.79 Å². The van der Waals surface area contributed by atoms with E-state index in [1.54, 1.807) is 11.8 Å². The number of ketones is 1. The summed E-state index contributed by atoms with van der Waals surface area (Å²) in [5.74, 6) is 0.315. The van der Waals surface area contributed by atoms with Crippen molar-refractivity contribution in [3.8, 4) is 0 Å². The average Bonchev–Trinajstić information content (AvgIpc) is 2.27. The first-order chi connectivity index (χ1) is 7.84. The zero-order valence-electron chi connectivity index (χ0n) is 11.4. The Morgan fingerprint density at radius 2 is 1.76 bits per heavy atom. The topological polar surface area (TPSA) is 17.1 Å². The Hall–Kier alpha value is -0.760. The van der Waals surface area contributed by atoms with Crippen molar-refractivity contribution >= 4 is 17.5 Å². The molecule has 0 aromatic heterocycles. The van der Waals surface area contributed by atoms with Crippen LogP contribution in [-0.2, 0) is 10.2 Å². The average molecular weight is 250 g/mol. The molecule has 1 rings (SSSR count). The van der Waals surface area contributed by atoms with Crippen molar-refractivity contribution in [2.45, 2.75) is 56.6 Å². The molecule has 1 aromatic carbocycles. The lowest BCUT2D eigenvalue weighted by atomic mass is 9.87. The fourth-order valence-corrected chi connectivity index (χ4v) is 2.59. The Balaban J connectivity index is 2.72. The van der Waals surface area contributed by atoms with Crippen LogP contribution in [0.4, 0.5) is 0 Å². The predicted molar refractivity (Wildman–Crippen MR) is 75.8 cm³/mol. The van der Waals surface area contributed by atoms with Gasteiger partial charge in [0, 0.05) is 11.3 Å². The molecule has 0 bridgehead atoms. The number of rotatable bonds is 4. The van der Waals surface area contributed by atoms with E-state index in [2.05, 4.69) is 45.0 Å². The van der Waals surface area contributed by atoms with Crippen molar-refractivity contribution in [2.24, 2.45) is 0 Å². The lowest BCUT2D eigenvalue weighted by molar-refractivity contribution is -0.117. The van der Waals surface area contributed by atoms with Gasteiger partial charge >= 0.3 is 0 Å².